The van der Waals surface area contributed by atoms with Crippen LogP contribution in [0.5, 0.6) is 0 Å². The molecule has 11 nitrogen and oxygen atoms in total. The lowest BCUT2D eigenvalue weighted by Crippen LogP contribution is -2.52. The van der Waals surface area contributed by atoms with Crippen molar-refractivity contribution in [2.75, 3.05) is 6.54 Å². The molecule has 11 heteroatoms. The lowest BCUT2D eigenvalue weighted by molar-refractivity contribution is -0.152. The van der Waals surface area contributed by atoms with E-state index in [-0.39, 0.29) is 24.7 Å². The summed E-state index contributed by atoms with van der Waals surface area (Å²) < 4.78 is 5.21. The van der Waals surface area contributed by atoms with E-state index in [2.05, 4.69) is 27.7 Å². The zero-order chi connectivity index (χ0) is 27.3. The Morgan fingerprint density at radius 3 is 2.19 bits per heavy atom. The number of nitrogens with one attached hydrogen (secondary N) is 3. The number of nitrogens with zero attached hydrogens (tertiary/aromatic N) is 2. The highest BCUT2D eigenvalue weighted by molar-refractivity contribution is 6.25. The van der Waals surface area contributed by atoms with Crippen LogP contribution in [0.15, 0.2) is 0 Å². The Bertz CT molecular complexity index is 764. The first kappa shape index (κ1) is 32.9. The van der Waals surface area contributed by atoms with Gasteiger partial charge in [0.1, 0.15) is 12.1 Å². The van der Waals surface area contributed by atoms with E-state index in [1.165, 1.54) is 6.92 Å². The van der Waals surface area contributed by atoms with Gasteiger partial charge in [0.25, 0.3) is 0 Å². The number of rotatable bonds is 20. The maximum atomic E-state index is 13.1. The number of ketones is 1. The fourth-order valence-electron chi connectivity index (χ4n) is 3.41. The van der Waals surface area contributed by atoms with E-state index in [9.17, 15) is 24.0 Å². The molecule has 0 aliphatic heterocycles. The number of amides is 3. The monoisotopic (exact) mass is 509 g/mol. The summed E-state index contributed by atoms with van der Waals surface area (Å²) >= 11 is 0. The summed E-state index contributed by atoms with van der Waals surface area (Å²) in [6.45, 7) is 7.32. The van der Waals surface area contributed by atoms with Crippen molar-refractivity contribution in [1.82, 2.24) is 16.0 Å². The molecular weight excluding hydrogens is 466 g/mol. The Hall–Kier alpha value is -3.07. The molecule has 2 atom stereocenters. The standard InChI is InChI=1S/C25H43N5O6/c1-5-6-7-8-9-13-23(33)29-21(12-10-11-16-27-19(4)31)24(34)30-22(25(35)36-18(2)3)15-14-20(32)17-28-26/h17-18,21-22H,5-16H2,1-4H3,(H,27,31)(H,29,33)(H,30,34). The van der Waals surface area contributed by atoms with Gasteiger partial charge < -0.3 is 26.2 Å². The Balaban J connectivity index is 5.24. The van der Waals surface area contributed by atoms with Gasteiger partial charge >= 0.3 is 12.2 Å². The molecule has 0 spiro atoms. The summed E-state index contributed by atoms with van der Waals surface area (Å²) in [5, 5.41) is 8.07. The Labute approximate surface area is 214 Å². The average Bonchev–Trinajstić information content (AvgIpc) is 2.79. The first-order valence-corrected chi connectivity index (χ1v) is 12.9. The van der Waals surface area contributed by atoms with E-state index in [0.29, 0.717) is 32.2 Å². The third-order valence-electron chi connectivity index (χ3n) is 5.29. The maximum absolute atomic E-state index is 13.1. The van der Waals surface area contributed by atoms with Crippen LogP contribution >= 0.6 is 0 Å². The minimum atomic E-state index is -1.11. The number of carbonyl (C=O) groups excluding carboxylic acids is 5. The molecule has 0 rings (SSSR count). The lowest BCUT2D eigenvalue weighted by Gasteiger charge is -2.23. The Morgan fingerprint density at radius 1 is 0.889 bits per heavy atom. The average molecular weight is 510 g/mol. The summed E-state index contributed by atoms with van der Waals surface area (Å²) in [7, 11) is 0. The smallest absolute Gasteiger partial charge is 0.328 e. The summed E-state index contributed by atoms with van der Waals surface area (Å²) in [6, 6.07) is -1.99. The molecule has 0 aromatic heterocycles. The van der Waals surface area contributed by atoms with Crippen molar-refractivity contribution in [2.45, 2.75) is 117 Å². The van der Waals surface area contributed by atoms with E-state index in [4.69, 9.17) is 10.3 Å². The molecule has 0 bridgehead atoms. The van der Waals surface area contributed by atoms with E-state index in [1.807, 2.05) is 0 Å². The molecule has 3 amide bonds. The fraction of sp³-hybridized carbons (Fsp3) is 0.760. The minimum Gasteiger partial charge on any atom is -0.461 e. The second-order valence-electron chi connectivity index (χ2n) is 9.06. The molecule has 2 unspecified atom stereocenters. The van der Waals surface area contributed by atoms with Crippen LogP contribution in [0.2, 0.25) is 0 Å². The predicted octanol–water partition coefficient (Wildman–Crippen LogP) is 2.22. The van der Waals surface area contributed by atoms with Crippen LogP contribution in [-0.4, -0.2) is 65.2 Å². The quantitative estimate of drug-likeness (QED) is 0.0748. The van der Waals surface area contributed by atoms with E-state index in [0.717, 1.165) is 38.3 Å². The minimum absolute atomic E-state index is 0.0528. The predicted molar refractivity (Wildman–Crippen MR) is 135 cm³/mol. The van der Waals surface area contributed by atoms with Crippen molar-refractivity contribution in [3.05, 3.63) is 5.53 Å². The number of unbranched alkanes of at least 4 members (excludes halogenated alkanes) is 5. The van der Waals surface area contributed by atoms with Crippen molar-refractivity contribution < 1.29 is 33.5 Å². The molecule has 0 aromatic rings. The van der Waals surface area contributed by atoms with Crippen molar-refractivity contribution in [1.29, 1.82) is 0 Å². The van der Waals surface area contributed by atoms with Crippen LogP contribution < -0.4 is 16.0 Å². The number of hydrogen-bond donors (Lipinski definition) is 3. The first-order valence-electron chi connectivity index (χ1n) is 12.9. The van der Waals surface area contributed by atoms with Gasteiger partial charge in [-0.1, -0.05) is 32.6 Å². The van der Waals surface area contributed by atoms with Crippen molar-refractivity contribution in [3.63, 3.8) is 0 Å². The number of hydrogen-bond acceptors (Lipinski definition) is 6. The number of Topliss-reactive ketones (excluding diaryl/α,β-unsaturated/α-hetero) is 1. The highest BCUT2D eigenvalue weighted by atomic mass is 16.5. The summed E-state index contributed by atoms with van der Waals surface area (Å²) in [4.78, 5) is 63.6. The normalized spacial score (nSPS) is 12.1. The number of ether oxygens (including phenoxy) is 1. The lowest BCUT2D eigenvalue weighted by atomic mass is 10.0. The Morgan fingerprint density at radius 2 is 1.58 bits per heavy atom. The molecule has 204 valence electrons. The second-order valence-corrected chi connectivity index (χ2v) is 9.06. The summed E-state index contributed by atoms with van der Waals surface area (Å²) in [5.74, 6) is -2.15. The van der Waals surface area contributed by atoms with Crippen LogP contribution in [0.1, 0.15) is 98.3 Å². The molecule has 3 N–H and O–H groups in total. The summed E-state index contributed by atoms with van der Waals surface area (Å²) in [6.07, 6.45) is 6.81. The largest absolute Gasteiger partial charge is 0.461 e. The van der Waals surface area contributed by atoms with Crippen molar-refractivity contribution in [3.8, 4) is 0 Å². The van der Waals surface area contributed by atoms with Gasteiger partial charge in [0.05, 0.1) is 6.10 Å². The molecule has 0 aromatic carbocycles. The molecule has 36 heavy (non-hydrogen) atoms. The third kappa shape index (κ3) is 17.4. The van der Waals surface area contributed by atoms with Gasteiger partial charge in [0.15, 0.2) is 0 Å². The van der Waals surface area contributed by atoms with Gasteiger partial charge in [-0.2, -0.15) is 4.79 Å². The van der Waals surface area contributed by atoms with Crippen molar-refractivity contribution >= 4 is 35.7 Å². The van der Waals surface area contributed by atoms with Crippen LogP contribution in [0.25, 0.3) is 5.53 Å². The first-order chi connectivity index (χ1) is 17.1. The number of carbonyl (C=O) groups is 5. The third-order valence-corrected chi connectivity index (χ3v) is 5.29. The van der Waals surface area contributed by atoms with Crippen LogP contribution in [0, 0.1) is 0 Å². The molecular formula is C25H43N5O6. The van der Waals surface area contributed by atoms with Gasteiger partial charge in [0, 0.05) is 26.3 Å². The van der Waals surface area contributed by atoms with Gasteiger partial charge in [-0.25, -0.2) is 4.79 Å². The van der Waals surface area contributed by atoms with Crippen LogP contribution in [-0.2, 0) is 28.7 Å². The molecule has 0 radical (unpaired) electrons. The molecule has 0 saturated carbocycles. The summed E-state index contributed by atoms with van der Waals surface area (Å²) in [5.41, 5.74) is 8.51. The van der Waals surface area contributed by atoms with E-state index < -0.39 is 35.8 Å². The Kier molecular flexibility index (Phi) is 18.4. The van der Waals surface area contributed by atoms with Gasteiger partial charge in [-0.3, -0.25) is 19.2 Å². The molecule has 0 heterocycles. The van der Waals surface area contributed by atoms with Crippen LogP contribution in [0.4, 0.5) is 0 Å². The van der Waals surface area contributed by atoms with Crippen LogP contribution in [0.3, 0.4) is 0 Å². The molecule has 0 aliphatic carbocycles. The zero-order valence-corrected chi connectivity index (χ0v) is 22.1. The molecule has 0 saturated heterocycles. The van der Waals surface area contributed by atoms with E-state index in [1.54, 1.807) is 13.8 Å². The van der Waals surface area contributed by atoms with E-state index >= 15 is 0 Å². The fourth-order valence-corrected chi connectivity index (χ4v) is 3.41. The molecule has 0 aliphatic rings. The highest BCUT2D eigenvalue weighted by Crippen LogP contribution is 2.09. The van der Waals surface area contributed by atoms with Gasteiger partial charge in [0.2, 0.25) is 23.5 Å². The van der Waals surface area contributed by atoms with Gasteiger partial charge in [-0.05, 0) is 46.0 Å². The number of esters is 1. The van der Waals surface area contributed by atoms with Gasteiger partial charge in [-0.15, -0.1) is 0 Å². The highest BCUT2D eigenvalue weighted by Gasteiger charge is 2.28. The topological polar surface area (TPSA) is 167 Å². The second kappa shape index (κ2) is 20.2. The zero-order valence-electron chi connectivity index (χ0n) is 22.1. The maximum Gasteiger partial charge on any atom is 0.328 e. The molecule has 0 fully saturated rings. The van der Waals surface area contributed by atoms with Crippen molar-refractivity contribution in [2.24, 2.45) is 0 Å². The SMILES string of the molecule is CCCCCCCC(=O)NC(CCCCNC(C)=O)C(=O)NC(CCC(=O)C=[N+]=[N-])C(=O)OC(C)C.